The molecule has 1 aliphatic rings. The van der Waals surface area contributed by atoms with E-state index in [0.717, 1.165) is 12.5 Å². The molecule has 1 saturated carbocycles. The molecule has 1 rings (SSSR count). The fourth-order valence-corrected chi connectivity index (χ4v) is 2.40. The SMILES string of the molecule is CCC(C)CN(C)CC1(CN)CCC1. The molecule has 2 nitrogen and oxygen atoms in total. The highest BCUT2D eigenvalue weighted by Gasteiger charge is 2.36. The average molecular weight is 198 g/mol. The van der Waals surface area contributed by atoms with Crippen molar-refractivity contribution in [3.63, 3.8) is 0 Å². The number of nitrogens with two attached hydrogens (primary N) is 1. The minimum absolute atomic E-state index is 0.474. The molecule has 0 aliphatic heterocycles. The van der Waals surface area contributed by atoms with Gasteiger partial charge in [-0.2, -0.15) is 0 Å². The van der Waals surface area contributed by atoms with E-state index in [-0.39, 0.29) is 0 Å². The largest absolute Gasteiger partial charge is 0.330 e. The van der Waals surface area contributed by atoms with Crippen LogP contribution < -0.4 is 5.73 Å². The molecular weight excluding hydrogens is 172 g/mol. The molecule has 1 fully saturated rings. The van der Waals surface area contributed by atoms with Crippen LogP contribution in [0.1, 0.15) is 39.5 Å². The van der Waals surface area contributed by atoms with Gasteiger partial charge in [-0.25, -0.2) is 0 Å². The molecule has 2 N–H and O–H groups in total. The van der Waals surface area contributed by atoms with Crippen LogP contribution in [-0.4, -0.2) is 31.6 Å². The zero-order valence-corrected chi connectivity index (χ0v) is 10.1. The number of rotatable bonds is 6. The maximum Gasteiger partial charge on any atom is 0.00471 e. The van der Waals surface area contributed by atoms with E-state index in [1.807, 2.05) is 0 Å². The summed E-state index contributed by atoms with van der Waals surface area (Å²) in [6.07, 6.45) is 5.34. The lowest BCUT2D eigenvalue weighted by atomic mass is 9.68. The smallest absolute Gasteiger partial charge is 0.00471 e. The molecule has 0 spiro atoms. The molecular formula is C12H26N2. The maximum absolute atomic E-state index is 5.85. The highest BCUT2D eigenvalue weighted by molar-refractivity contribution is 4.90. The Morgan fingerprint density at radius 3 is 2.43 bits per heavy atom. The summed E-state index contributed by atoms with van der Waals surface area (Å²) in [5.74, 6) is 0.815. The van der Waals surface area contributed by atoms with Gasteiger partial charge in [0.05, 0.1) is 0 Å². The predicted molar refractivity (Wildman–Crippen MR) is 62.3 cm³/mol. The van der Waals surface area contributed by atoms with Crippen LogP contribution in [0.4, 0.5) is 0 Å². The summed E-state index contributed by atoms with van der Waals surface area (Å²) in [6.45, 7) is 7.89. The zero-order valence-electron chi connectivity index (χ0n) is 10.1. The maximum atomic E-state index is 5.85. The van der Waals surface area contributed by atoms with Crippen molar-refractivity contribution in [3.8, 4) is 0 Å². The van der Waals surface area contributed by atoms with Gasteiger partial charge in [-0.3, -0.25) is 0 Å². The molecule has 14 heavy (non-hydrogen) atoms. The van der Waals surface area contributed by atoms with Crippen molar-refractivity contribution in [1.82, 2.24) is 4.90 Å². The quantitative estimate of drug-likeness (QED) is 0.708. The third kappa shape index (κ3) is 2.96. The van der Waals surface area contributed by atoms with Crippen molar-refractivity contribution in [3.05, 3.63) is 0 Å². The molecule has 1 unspecified atom stereocenters. The van der Waals surface area contributed by atoms with Crippen molar-refractivity contribution >= 4 is 0 Å². The van der Waals surface area contributed by atoms with E-state index in [9.17, 15) is 0 Å². The van der Waals surface area contributed by atoms with E-state index in [2.05, 4.69) is 25.8 Å². The third-order valence-corrected chi connectivity index (χ3v) is 3.77. The Morgan fingerprint density at radius 2 is 2.07 bits per heavy atom. The summed E-state index contributed by atoms with van der Waals surface area (Å²) in [7, 11) is 2.24. The average Bonchev–Trinajstić information content (AvgIpc) is 2.11. The predicted octanol–water partition coefficient (Wildman–Crippen LogP) is 2.09. The van der Waals surface area contributed by atoms with Gasteiger partial charge in [-0.15, -0.1) is 0 Å². The second-order valence-corrected chi connectivity index (χ2v) is 5.27. The normalized spacial score (nSPS) is 22.1. The van der Waals surface area contributed by atoms with Crippen LogP contribution in [0.2, 0.25) is 0 Å². The monoisotopic (exact) mass is 198 g/mol. The summed E-state index contributed by atoms with van der Waals surface area (Å²) >= 11 is 0. The lowest BCUT2D eigenvalue weighted by molar-refractivity contribution is 0.0811. The topological polar surface area (TPSA) is 29.3 Å². The molecule has 2 heteroatoms. The van der Waals surface area contributed by atoms with Gasteiger partial charge in [0.25, 0.3) is 0 Å². The first-order valence-electron chi connectivity index (χ1n) is 6.00. The lowest BCUT2D eigenvalue weighted by Gasteiger charge is -2.44. The second kappa shape index (κ2) is 5.13. The molecule has 1 atom stereocenters. The van der Waals surface area contributed by atoms with E-state index >= 15 is 0 Å². The van der Waals surface area contributed by atoms with Crippen LogP contribution >= 0.6 is 0 Å². The van der Waals surface area contributed by atoms with E-state index in [1.165, 1.54) is 38.8 Å². The van der Waals surface area contributed by atoms with Crippen molar-refractivity contribution in [1.29, 1.82) is 0 Å². The fraction of sp³-hybridized carbons (Fsp3) is 1.00. The van der Waals surface area contributed by atoms with Crippen molar-refractivity contribution < 1.29 is 0 Å². The molecule has 0 aromatic rings. The molecule has 0 amide bonds. The Balaban J connectivity index is 2.28. The van der Waals surface area contributed by atoms with Crippen molar-refractivity contribution in [2.24, 2.45) is 17.1 Å². The Bertz CT molecular complexity index is 158. The summed E-state index contributed by atoms with van der Waals surface area (Å²) in [4.78, 5) is 2.47. The molecule has 0 heterocycles. The Hall–Kier alpha value is -0.0800. The van der Waals surface area contributed by atoms with E-state index in [0.29, 0.717) is 5.41 Å². The fourth-order valence-electron chi connectivity index (χ4n) is 2.40. The summed E-state index contributed by atoms with van der Waals surface area (Å²) in [5, 5.41) is 0. The van der Waals surface area contributed by atoms with E-state index < -0.39 is 0 Å². The van der Waals surface area contributed by atoms with E-state index in [1.54, 1.807) is 0 Å². The highest BCUT2D eigenvalue weighted by Crippen LogP contribution is 2.40. The Kier molecular flexibility index (Phi) is 4.39. The Morgan fingerprint density at radius 1 is 1.43 bits per heavy atom. The Labute approximate surface area is 88.8 Å². The second-order valence-electron chi connectivity index (χ2n) is 5.27. The lowest BCUT2D eigenvalue weighted by Crippen LogP contribution is -2.46. The first kappa shape index (κ1) is 12.0. The standard InChI is InChI=1S/C12H26N2/c1-4-11(2)8-14(3)10-12(9-13)6-5-7-12/h11H,4-10,13H2,1-3H3. The van der Waals surface area contributed by atoms with Crippen LogP contribution in [0.3, 0.4) is 0 Å². The molecule has 1 aliphatic carbocycles. The molecule has 0 aromatic heterocycles. The van der Waals surface area contributed by atoms with E-state index in [4.69, 9.17) is 5.73 Å². The first-order chi connectivity index (χ1) is 6.62. The molecule has 0 bridgehead atoms. The molecule has 84 valence electrons. The van der Waals surface area contributed by atoms with Gasteiger partial charge in [0, 0.05) is 13.1 Å². The summed E-state index contributed by atoms with van der Waals surface area (Å²) in [5.41, 5.74) is 6.33. The van der Waals surface area contributed by atoms with Gasteiger partial charge < -0.3 is 10.6 Å². The first-order valence-corrected chi connectivity index (χ1v) is 6.00. The molecule has 0 aromatic carbocycles. The van der Waals surface area contributed by atoms with Crippen LogP contribution in [-0.2, 0) is 0 Å². The van der Waals surface area contributed by atoms with Crippen molar-refractivity contribution in [2.45, 2.75) is 39.5 Å². The van der Waals surface area contributed by atoms with Gasteiger partial charge in [-0.05, 0) is 37.8 Å². The van der Waals surface area contributed by atoms with Crippen LogP contribution in [0.15, 0.2) is 0 Å². The van der Waals surface area contributed by atoms with Gasteiger partial charge in [0.2, 0.25) is 0 Å². The number of hydrogen-bond donors (Lipinski definition) is 1. The van der Waals surface area contributed by atoms with Crippen LogP contribution in [0, 0.1) is 11.3 Å². The number of nitrogens with zero attached hydrogens (tertiary/aromatic N) is 1. The van der Waals surface area contributed by atoms with Crippen LogP contribution in [0.5, 0.6) is 0 Å². The minimum atomic E-state index is 0.474. The zero-order chi connectivity index (χ0) is 10.6. The number of hydrogen-bond acceptors (Lipinski definition) is 2. The summed E-state index contributed by atoms with van der Waals surface area (Å²) < 4.78 is 0. The third-order valence-electron chi connectivity index (χ3n) is 3.77. The minimum Gasteiger partial charge on any atom is -0.330 e. The van der Waals surface area contributed by atoms with Crippen LogP contribution in [0.25, 0.3) is 0 Å². The van der Waals surface area contributed by atoms with Gasteiger partial charge in [0.1, 0.15) is 0 Å². The van der Waals surface area contributed by atoms with Gasteiger partial charge in [0.15, 0.2) is 0 Å². The van der Waals surface area contributed by atoms with Gasteiger partial charge >= 0.3 is 0 Å². The highest BCUT2D eigenvalue weighted by atomic mass is 15.1. The summed E-state index contributed by atoms with van der Waals surface area (Å²) in [6, 6.07) is 0. The van der Waals surface area contributed by atoms with Gasteiger partial charge in [-0.1, -0.05) is 26.7 Å². The molecule has 0 radical (unpaired) electrons. The van der Waals surface area contributed by atoms with Crippen molar-refractivity contribution in [2.75, 3.05) is 26.7 Å². The molecule has 0 saturated heterocycles.